The maximum Gasteiger partial charge on any atom is 0.256 e. The molecule has 10 heteroatoms. The van der Waals surface area contributed by atoms with Crippen LogP contribution in [0.4, 0.5) is 0 Å². The van der Waals surface area contributed by atoms with Gasteiger partial charge in [0, 0.05) is 95.5 Å². The van der Waals surface area contributed by atoms with Crippen molar-refractivity contribution >= 4 is 164 Å². The SMILES string of the molecule is Cc1ccc2cc3oc4c(-c5ccccc5C)[n+](C)ccc4c3cc2c1.Cc1ccc2cc3oc4c(-c5ccccc5C)[n+](C)ccc4c3cc2c1.Cc1ccccc1-c1c2oc3cc4ccccc4cc3c2cc[n+]1C.[2H]C([2H])([2H])c1c[n+](C)c(-c2ccccc2C)c2oc3cc4ccc(C)cc4cc3c12.[2H]C([2H])([2H])c1ccc(-c2c3oc4cc5ccc(C)cc5cc4c3c(C([2H])([2H])[2H])c[n+]2C)c(C)c1. The number of aryl methyl sites for hydroxylation is 17. The zero-order chi connectivity index (χ0) is 98.4. The molecule has 25 rings (SSSR count). The van der Waals surface area contributed by atoms with Gasteiger partial charge in [0.1, 0.15) is 63.2 Å². The Labute approximate surface area is 779 Å². The molecule has 10 aromatic heterocycles. The fourth-order valence-electron chi connectivity index (χ4n) is 19.6. The van der Waals surface area contributed by atoms with Crippen molar-refractivity contribution in [3.63, 3.8) is 0 Å². The van der Waals surface area contributed by atoms with Crippen molar-refractivity contribution in [1.82, 2.24) is 0 Å². The van der Waals surface area contributed by atoms with Gasteiger partial charge in [-0.25, -0.2) is 0 Å². The summed E-state index contributed by atoms with van der Waals surface area (Å²) in [5, 5.41) is 21.4. The van der Waals surface area contributed by atoms with Crippen LogP contribution in [0, 0.1) is 82.9 Å². The van der Waals surface area contributed by atoms with Crippen molar-refractivity contribution in [3.05, 3.63) is 389 Å². The number of furan rings is 5. The molecule has 0 bridgehead atoms. The van der Waals surface area contributed by atoms with E-state index in [9.17, 15) is 0 Å². The zero-order valence-corrected chi connectivity index (χ0v) is 76.4. The van der Waals surface area contributed by atoms with Gasteiger partial charge in [-0.2, -0.15) is 22.8 Å². The third kappa shape index (κ3) is 14.8. The summed E-state index contributed by atoms with van der Waals surface area (Å²) < 4.78 is 114. The second-order valence-electron chi connectivity index (χ2n) is 35.8. The number of hydrogen-bond donors (Lipinski definition) is 0. The second kappa shape index (κ2) is 33.1. The minimum atomic E-state index is -2.34. The highest BCUT2D eigenvalue weighted by Crippen LogP contribution is 2.45. The molecule has 0 aliphatic carbocycles. The van der Waals surface area contributed by atoms with Gasteiger partial charge in [0.2, 0.25) is 27.9 Å². The van der Waals surface area contributed by atoms with Crippen LogP contribution in [-0.2, 0) is 35.2 Å². The number of fused-ring (bicyclic) bond motifs is 20. The van der Waals surface area contributed by atoms with Crippen molar-refractivity contribution in [2.24, 2.45) is 35.2 Å². The summed E-state index contributed by atoms with van der Waals surface area (Å²) in [6.45, 7) is 11.9. The summed E-state index contributed by atoms with van der Waals surface area (Å²) in [7, 11) is 9.89. The molecule has 0 aliphatic rings. The van der Waals surface area contributed by atoms with Crippen LogP contribution < -0.4 is 22.8 Å². The van der Waals surface area contributed by atoms with Crippen molar-refractivity contribution in [2.45, 2.75) is 82.9 Å². The van der Waals surface area contributed by atoms with Gasteiger partial charge in [0.05, 0.1) is 27.8 Å². The van der Waals surface area contributed by atoms with Gasteiger partial charge < -0.3 is 22.1 Å². The van der Waals surface area contributed by atoms with E-state index in [-0.39, 0.29) is 11.1 Å². The molecule has 15 aromatic carbocycles. The third-order valence-electron chi connectivity index (χ3n) is 26.4. The third-order valence-corrected chi connectivity index (χ3v) is 26.4. The van der Waals surface area contributed by atoms with Crippen LogP contribution >= 0.6 is 0 Å². The van der Waals surface area contributed by atoms with Gasteiger partial charge in [-0.1, -0.05) is 210 Å². The molecule has 642 valence electrons. The summed E-state index contributed by atoms with van der Waals surface area (Å²) >= 11 is 0. The number of pyridine rings is 5. The lowest BCUT2D eigenvalue weighted by molar-refractivity contribution is -0.659. The Balaban J connectivity index is 0.000000105. The fraction of sp³-hybridized carbons (Fsp3) is 0.139. The Bertz CT molecular complexity index is 9270. The van der Waals surface area contributed by atoms with Crippen LogP contribution in [0.1, 0.15) is 79.1 Å². The first kappa shape index (κ1) is 73.3. The van der Waals surface area contributed by atoms with Gasteiger partial charge in [-0.3, -0.25) is 0 Å². The quantitative estimate of drug-likeness (QED) is 0.160. The fourth-order valence-corrected chi connectivity index (χ4v) is 19.6. The normalized spacial score (nSPS) is 13.0. The topological polar surface area (TPSA) is 85.1 Å². The van der Waals surface area contributed by atoms with Crippen LogP contribution in [-0.4, -0.2) is 0 Å². The van der Waals surface area contributed by atoms with E-state index in [1.54, 1.807) is 42.2 Å². The Kier molecular flexibility index (Phi) is 18.4. The van der Waals surface area contributed by atoms with Gasteiger partial charge in [-0.15, -0.1) is 0 Å². The van der Waals surface area contributed by atoms with Crippen LogP contribution in [0.3, 0.4) is 0 Å². The summed E-state index contributed by atoms with van der Waals surface area (Å²) in [6.07, 6.45) is 9.73. The molecule has 0 unspecified atom stereocenters. The van der Waals surface area contributed by atoms with E-state index in [1.165, 1.54) is 104 Å². The van der Waals surface area contributed by atoms with Gasteiger partial charge in [0.15, 0.2) is 31.0 Å². The Morgan fingerprint density at radius 2 is 0.462 bits per heavy atom. The molecule has 0 spiro atoms. The molecule has 0 radical (unpaired) electrons. The van der Waals surface area contributed by atoms with Crippen molar-refractivity contribution in [1.29, 1.82) is 0 Å². The maximum absolute atomic E-state index is 8.19. The molecular weight excluding hydrogens is 1620 g/mol. The zero-order valence-electron chi connectivity index (χ0n) is 85.4. The number of nitrogens with zero attached hydrogens (tertiary/aromatic N) is 5. The van der Waals surface area contributed by atoms with E-state index in [4.69, 9.17) is 34.4 Å². The summed E-state index contributed by atoms with van der Waals surface area (Å²) in [5.74, 6) is 0. The molecule has 0 saturated heterocycles. The summed E-state index contributed by atoms with van der Waals surface area (Å²) in [5.41, 5.74) is 29.7. The molecule has 0 fully saturated rings. The molecule has 10 heterocycles. The average molecular weight is 1730 g/mol. The van der Waals surface area contributed by atoms with Crippen molar-refractivity contribution in [2.75, 3.05) is 0 Å². The van der Waals surface area contributed by atoms with E-state index >= 15 is 0 Å². The number of aromatic nitrogens is 5. The second-order valence-corrected chi connectivity index (χ2v) is 35.8. The molecule has 0 aliphatic heterocycles. The number of benzene rings is 15. The minimum Gasteiger partial charge on any atom is -0.449 e. The van der Waals surface area contributed by atoms with E-state index in [2.05, 4.69) is 326 Å². The monoisotopic (exact) mass is 1730 g/mol. The molecule has 0 atom stereocenters. The molecule has 25 aromatic rings. The highest BCUT2D eigenvalue weighted by atomic mass is 16.3. The minimum absolute atomic E-state index is 0.219. The lowest BCUT2D eigenvalue weighted by Crippen LogP contribution is -2.31. The summed E-state index contributed by atoms with van der Waals surface area (Å²) in [6, 6.07) is 100. The van der Waals surface area contributed by atoms with Crippen LogP contribution in [0.2, 0.25) is 0 Å². The predicted octanol–water partition coefficient (Wildman–Crippen LogP) is 29.9. The van der Waals surface area contributed by atoms with E-state index in [1.807, 2.05) is 74.0 Å². The lowest BCUT2D eigenvalue weighted by atomic mass is 9.98. The molecular formula is C122H104N5O5+5. The molecule has 10 nitrogen and oxygen atoms in total. The lowest BCUT2D eigenvalue weighted by Gasteiger charge is -2.07. The Hall–Kier alpha value is -15.7. The number of rotatable bonds is 5. The van der Waals surface area contributed by atoms with E-state index in [0.717, 1.165) is 127 Å². The van der Waals surface area contributed by atoms with Gasteiger partial charge in [0.25, 0.3) is 28.5 Å². The smallest absolute Gasteiger partial charge is 0.256 e. The first-order valence-electron chi connectivity index (χ1n) is 49.2. The van der Waals surface area contributed by atoms with Gasteiger partial charge >= 0.3 is 0 Å². The Morgan fingerprint density at radius 3 is 0.780 bits per heavy atom. The van der Waals surface area contributed by atoms with Crippen LogP contribution in [0.15, 0.2) is 344 Å². The molecule has 0 saturated carbocycles. The molecule has 132 heavy (non-hydrogen) atoms. The first-order valence-corrected chi connectivity index (χ1v) is 44.7. The molecule has 0 amide bonds. The van der Waals surface area contributed by atoms with Crippen LogP contribution in [0.25, 0.3) is 220 Å². The average Bonchev–Trinajstić information content (AvgIpc) is 1.58. The van der Waals surface area contributed by atoms with Gasteiger partial charge in [-0.05, 0) is 256 Å². The maximum atomic E-state index is 8.19. The highest BCUT2D eigenvalue weighted by molar-refractivity contribution is 6.18. The van der Waals surface area contributed by atoms with Crippen molar-refractivity contribution in [3.8, 4) is 56.3 Å². The highest BCUT2D eigenvalue weighted by Gasteiger charge is 2.30. The number of hydrogen-bond acceptors (Lipinski definition) is 5. The largest absolute Gasteiger partial charge is 0.449 e. The first-order chi connectivity index (χ1) is 67.5. The van der Waals surface area contributed by atoms with E-state index in [0.29, 0.717) is 44.4 Å². The standard InChI is InChI=1S/C26H24NO.C25H22NO.2C24H20NO.C23H18NO/c1-15-7-9-21(17(3)10-15)25-26-24(18(4)14-27(25)5)22-12-20-11-16(2)6-8-19(20)13-23(22)28-26;1-15-9-10-18-13-22-21(12-19(18)11-15)23-17(3)14-26(4)24(25(23)27-22)20-8-6-5-7-16(20)2;2*1-15-8-9-17-14-22-21(13-18(17)12-15)20-10-11-25(3)23(24(20)26-22)19-7-5-4-6-16(19)2;1-15-7-3-6-10-18(15)22-23-19(11-12-24(22)2)20-13-16-8-4-5-9-17(16)14-21(20)25-23/h6-14H,1-5H3;5-14H,1-4H3;2*4-14H,1-3H3;3-14H,1-2H3/q5*+1/i1D3,4D3;3D3;;;. The summed E-state index contributed by atoms with van der Waals surface area (Å²) in [4.78, 5) is 0. The predicted molar refractivity (Wildman–Crippen MR) is 546 cm³/mol. The van der Waals surface area contributed by atoms with Crippen LogP contribution in [0.5, 0.6) is 0 Å². The van der Waals surface area contributed by atoms with E-state index < -0.39 is 20.6 Å². The van der Waals surface area contributed by atoms with Crippen molar-refractivity contribution < 1.29 is 57.3 Å². The Morgan fingerprint density at radius 1 is 0.197 bits per heavy atom. The molecule has 0 N–H and O–H groups in total.